The average molecular weight is 351 g/mol. The van der Waals surface area contributed by atoms with Gasteiger partial charge in [-0.2, -0.15) is 0 Å². The lowest BCUT2D eigenvalue weighted by Crippen LogP contribution is -2.06. The normalized spacial score (nSPS) is 10.3. The summed E-state index contributed by atoms with van der Waals surface area (Å²) in [6, 6.07) is 18.9. The first-order valence-electron chi connectivity index (χ1n) is 8.00. The van der Waals surface area contributed by atoms with Crippen LogP contribution in [0.1, 0.15) is 10.4 Å². The Morgan fingerprint density at radius 2 is 1.65 bits per heavy atom. The molecule has 0 bridgehead atoms. The highest BCUT2D eigenvalue weighted by Crippen LogP contribution is 2.30. The fourth-order valence-electron chi connectivity index (χ4n) is 2.61. The van der Waals surface area contributed by atoms with E-state index in [1.165, 1.54) is 19.2 Å². The number of ether oxygens (including phenoxy) is 2. The molecule has 4 nitrogen and oxygen atoms in total. The van der Waals surface area contributed by atoms with Gasteiger partial charge >= 0.3 is 5.97 Å². The zero-order valence-corrected chi connectivity index (χ0v) is 14.5. The molecule has 0 aromatic heterocycles. The number of halogens is 1. The Morgan fingerprint density at radius 1 is 0.923 bits per heavy atom. The summed E-state index contributed by atoms with van der Waals surface area (Å²) in [5.74, 6) is -0.0340. The van der Waals surface area contributed by atoms with Crippen molar-refractivity contribution in [1.82, 2.24) is 0 Å². The summed E-state index contributed by atoms with van der Waals surface area (Å²) >= 11 is 0. The van der Waals surface area contributed by atoms with Crippen LogP contribution in [0.2, 0.25) is 0 Å². The molecule has 0 radical (unpaired) electrons. The number of methoxy groups -OCH3 is 2. The Morgan fingerprint density at radius 3 is 2.35 bits per heavy atom. The molecule has 132 valence electrons. The highest BCUT2D eigenvalue weighted by atomic mass is 19.1. The second-order valence-corrected chi connectivity index (χ2v) is 5.62. The molecule has 5 heteroatoms. The van der Waals surface area contributed by atoms with E-state index >= 15 is 0 Å². The van der Waals surface area contributed by atoms with Crippen molar-refractivity contribution >= 4 is 17.3 Å². The molecule has 0 aliphatic carbocycles. The van der Waals surface area contributed by atoms with E-state index in [2.05, 4.69) is 5.32 Å². The van der Waals surface area contributed by atoms with Gasteiger partial charge in [-0.25, -0.2) is 9.18 Å². The fourth-order valence-corrected chi connectivity index (χ4v) is 2.61. The monoisotopic (exact) mass is 351 g/mol. The summed E-state index contributed by atoms with van der Waals surface area (Å²) in [5, 5.41) is 3.15. The van der Waals surface area contributed by atoms with Crippen LogP contribution in [0.4, 0.5) is 15.8 Å². The van der Waals surface area contributed by atoms with Gasteiger partial charge in [-0.1, -0.05) is 18.2 Å². The summed E-state index contributed by atoms with van der Waals surface area (Å²) in [6.07, 6.45) is 0. The number of nitrogens with one attached hydrogen (secondary N) is 1. The maximum Gasteiger partial charge on any atom is 0.339 e. The highest BCUT2D eigenvalue weighted by molar-refractivity contribution is 5.97. The van der Waals surface area contributed by atoms with Crippen LogP contribution in [0.25, 0.3) is 11.1 Å². The fraction of sp³-hybridized carbons (Fsp3) is 0.0952. The summed E-state index contributed by atoms with van der Waals surface area (Å²) in [7, 11) is 2.95. The van der Waals surface area contributed by atoms with Crippen LogP contribution in [0.3, 0.4) is 0 Å². The van der Waals surface area contributed by atoms with E-state index in [-0.39, 0.29) is 5.82 Å². The van der Waals surface area contributed by atoms with Gasteiger partial charge in [0, 0.05) is 5.69 Å². The summed E-state index contributed by atoms with van der Waals surface area (Å²) < 4.78 is 23.3. The summed E-state index contributed by atoms with van der Waals surface area (Å²) in [6.45, 7) is 0. The number of anilines is 2. The Labute approximate surface area is 151 Å². The third-order valence-corrected chi connectivity index (χ3v) is 3.95. The van der Waals surface area contributed by atoms with Crippen molar-refractivity contribution in [3.63, 3.8) is 0 Å². The number of esters is 1. The van der Waals surface area contributed by atoms with Crippen molar-refractivity contribution in [3.05, 3.63) is 78.1 Å². The summed E-state index contributed by atoms with van der Waals surface area (Å²) in [4.78, 5) is 12.1. The molecule has 26 heavy (non-hydrogen) atoms. The molecule has 0 unspecified atom stereocenters. The predicted molar refractivity (Wildman–Crippen MR) is 99.5 cm³/mol. The Kier molecular flexibility index (Phi) is 5.17. The lowest BCUT2D eigenvalue weighted by Gasteiger charge is -2.13. The van der Waals surface area contributed by atoms with Gasteiger partial charge in [0.2, 0.25) is 0 Å². The van der Waals surface area contributed by atoms with Crippen LogP contribution in [0, 0.1) is 5.82 Å². The van der Waals surface area contributed by atoms with E-state index < -0.39 is 5.97 Å². The summed E-state index contributed by atoms with van der Waals surface area (Å²) in [5.41, 5.74) is 3.48. The van der Waals surface area contributed by atoms with Gasteiger partial charge in [0.15, 0.2) is 0 Å². The maximum atomic E-state index is 13.1. The Bertz CT molecular complexity index is 923. The van der Waals surface area contributed by atoms with Crippen molar-refractivity contribution < 1.29 is 18.7 Å². The zero-order chi connectivity index (χ0) is 18.5. The molecule has 0 saturated carbocycles. The van der Waals surface area contributed by atoms with Gasteiger partial charge in [-0.05, 0) is 59.7 Å². The first-order valence-corrected chi connectivity index (χ1v) is 8.00. The van der Waals surface area contributed by atoms with Gasteiger partial charge in [-0.15, -0.1) is 0 Å². The molecular weight excluding hydrogens is 333 g/mol. The highest BCUT2D eigenvalue weighted by Gasteiger charge is 2.14. The minimum Gasteiger partial charge on any atom is -0.497 e. The number of benzene rings is 3. The quantitative estimate of drug-likeness (QED) is 0.655. The molecule has 1 N–H and O–H groups in total. The zero-order valence-electron chi connectivity index (χ0n) is 14.5. The van der Waals surface area contributed by atoms with Gasteiger partial charge in [-0.3, -0.25) is 0 Å². The molecule has 0 aliphatic rings. The lowest BCUT2D eigenvalue weighted by molar-refractivity contribution is 0.0602. The molecular formula is C21H18FNO3. The second kappa shape index (κ2) is 7.70. The minimum absolute atomic E-state index is 0.325. The second-order valence-electron chi connectivity index (χ2n) is 5.62. The molecule has 3 aromatic carbocycles. The predicted octanol–water partition coefficient (Wildman–Crippen LogP) is 5.03. The van der Waals surface area contributed by atoms with Crippen LogP contribution in [0.5, 0.6) is 5.75 Å². The Balaban J connectivity index is 2.03. The third-order valence-electron chi connectivity index (χ3n) is 3.95. The van der Waals surface area contributed by atoms with E-state index in [0.29, 0.717) is 16.9 Å². The van der Waals surface area contributed by atoms with Gasteiger partial charge < -0.3 is 14.8 Å². The van der Waals surface area contributed by atoms with E-state index in [0.717, 1.165) is 16.9 Å². The number of hydrogen-bond acceptors (Lipinski definition) is 4. The number of carbonyl (C=O) groups is 1. The molecule has 0 aliphatic heterocycles. The van der Waals surface area contributed by atoms with Crippen molar-refractivity contribution in [2.75, 3.05) is 19.5 Å². The molecule has 0 spiro atoms. The lowest BCUT2D eigenvalue weighted by atomic mass is 10.0. The number of hydrogen-bond donors (Lipinski definition) is 1. The molecule has 3 rings (SSSR count). The van der Waals surface area contributed by atoms with E-state index in [9.17, 15) is 9.18 Å². The number of carbonyl (C=O) groups excluding carboxylic acids is 1. The number of rotatable bonds is 5. The Hall–Kier alpha value is -3.34. The first kappa shape index (κ1) is 17.5. The van der Waals surface area contributed by atoms with Gasteiger partial charge in [0.1, 0.15) is 11.6 Å². The molecule has 0 heterocycles. The van der Waals surface area contributed by atoms with Crippen molar-refractivity contribution in [1.29, 1.82) is 0 Å². The van der Waals surface area contributed by atoms with E-state index in [1.807, 2.05) is 36.4 Å². The molecule has 0 amide bonds. The van der Waals surface area contributed by atoms with Crippen LogP contribution in [0.15, 0.2) is 66.7 Å². The van der Waals surface area contributed by atoms with Gasteiger partial charge in [0.25, 0.3) is 0 Å². The first-order chi connectivity index (χ1) is 12.6. The van der Waals surface area contributed by atoms with Gasteiger partial charge in [0.05, 0.1) is 25.5 Å². The standard InChI is InChI=1S/C21H18FNO3/c1-25-18-5-3-4-14(12-18)15-6-11-19(21(24)26-2)20(13-15)23-17-9-7-16(22)8-10-17/h3-13,23H,1-2H3. The third kappa shape index (κ3) is 3.83. The van der Waals surface area contributed by atoms with Crippen molar-refractivity contribution in [2.45, 2.75) is 0 Å². The van der Waals surface area contributed by atoms with Crippen LogP contribution in [-0.4, -0.2) is 20.2 Å². The SMILES string of the molecule is COC(=O)c1ccc(-c2cccc(OC)c2)cc1Nc1ccc(F)cc1. The average Bonchev–Trinajstić information content (AvgIpc) is 2.69. The van der Waals surface area contributed by atoms with Crippen LogP contribution >= 0.6 is 0 Å². The van der Waals surface area contributed by atoms with Crippen LogP contribution in [-0.2, 0) is 4.74 Å². The van der Waals surface area contributed by atoms with Crippen LogP contribution < -0.4 is 10.1 Å². The van der Waals surface area contributed by atoms with Crippen molar-refractivity contribution in [2.24, 2.45) is 0 Å². The van der Waals surface area contributed by atoms with Crippen molar-refractivity contribution in [3.8, 4) is 16.9 Å². The molecule has 3 aromatic rings. The van der Waals surface area contributed by atoms with E-state index in [4.69, 9.17) is 9.47 Å². The molecule has 0 saturated heterocycles. The molecule has 0 atom stereocenters. The maximum absolute atomic E-state index is 13.1. The molecule has 0 fully saturated rings. The van der Waals surface area contributed by atoms with E-state index in [1.54, 1.807) is 25.3 Å². The smallest absolute Gasteiger partial charge is 0.339 e. The largest absolute Gasteiger partial charge is 0.497 e. The topological polar surface area (TPSA) is 47.6 Å². The minimum atomic E-state index is -0.452.